The maximum atomic E-state index is 12.6. The van der Waals surface area contributed by atoms with E-state index in [1.54, 1.807) is 26.2 Å². The Hall–Kier alpha value is -2.44. The van der Waals surface area contributed by atoms with Gasteiger partial charge in [0.25, 0.3) is 5.91 Å². The van der Waals surface area contributed by atoms with Crippen LogP contribution in [0.3, 0.4) is 0 Å². The first kappa shape index (κ1) is 16.4. The molecule has 3 rings (SSSR count). The Balaban J connectivity index is 1.56. The Morgan fingerprint density at radius 2 is 1.96 bits per heavy atom. The van der Waals surface area contributed by atoms with Gasteiger partial charge in [-0.1, -0.05) is 12.1 Å². The number of carbonyl (C=O) groups excluding carboxylic acids is 1. The van der Waals surface area contributed by atoms with Crippen molar-refractivity contribution in [2.45, 2.75) is 46.1 Å². The molecule has 1 fully saturated rings. The summed E-state index contributed by atoms with van der Waals surface area (Å²) < 4.78 is 10.9. The monoisotopic (exact) mass is 330 g/mol. The highest BCUT2D eigenvalue weighted by molar-refractivity contribution is 5.96. The molecule has 1 amide bonds. The Labute approximate surface area is 141 Å². The van der Waals surface area contributed by atoms with Gasteiger partial charge >= 0.3 is 6.01 Å². The lowest BCUT2D eigenvalue weighted by Crippen LogP contribution is -2.42. The molecule has 0 aromatic carbocycles. The predicted octanol–water partition coefficient (Wildman–Crippen LogP) is 2.33. The Kier molecular flexibility index (Phi) is 4.78. The van der Waals surface area contributed by atoms with E-state index in [1.807, 2.05) is 4.90 Å². The van der Waals surface area contributed by atoms with Crippen LogP contribution in [0.1, 0.15) is 47.1 Å². The van der Waals surface area contributed by atoms with Crippen molar-refractivity contribution in [3.05, 3.63) is 35.0 Å². The minimum atomic E-state index is -0.0201. The quantitative estimate of drug-likeness (QED) is 0.856. The molecule has 0 radical (unpaired) electrons. The maximum absolute atomic E-state index is 12.6. The summed E-state index contributed by atoms with van der Waals surface area (Å²) in [6.07, 6.45) is 6.03. The fraction of sp³-hybridized carbons (Fsp3) is 0.529. The van der Waals surface area contributed by atoms with Crippen molar-refractivity contribution in [2.24, 2.45) is 0 Å². The van der Waals surface area contributed by atoms with E-state index in [0.717, 1.165) is 24.8 Å². The molecule has 2 aromatic heterocycles. The van der Waals surface area contributed by atoms with Gasteiger partial charge in [-0.05, 0) is 25.8 Å². The van der Waals surface area contributed by atoms with Gasteiger partial charge in [-0.2, -0.15) is 0 Å². The molecule has 1 saturated heterocycles. The van der Waals surface area contributed by atoms with Crippen molar-refractivity contribution in [3.63, 3.8) is 0 Å². The Morgan fingerprint density at radius 3 is 2.50 bits per heavy atom. The summed E-state index contributed by atoms with van der Waals surface area (Å²) in [5.74, 6) is 0.550. The van der Waals surface area contributed by atoms with Crippen LogP contribution in [-0.4, -0.2) is 45.1 Å². The SMILES string of the molecule is CCc1cnc(OC2CCN(C(=O)c3c(C)noc3C)CC2)nc1. The lowest BCUT2D eigenvalue weighted by atomic mass is 10.1. The van der Waals surface area contributed by atoms with Gasteiger partial charge < -0.3 is 14.2 Å². The van der Waals surface area contributed by atoms with E-state index in [4.69, 9.17) is 9.26 Å². The Bertz CT molecular complexity index is 684. The normalized spacial score (nSPS) is 15.5. The average molecular weight is 330 g/mol. The molecular weight excluding hydrogens is 308 g/mol. The van der Waals surface area contributed by atoms with Crippen molar-refractivity contribution in [2.75, 3.05) is 13.1 Å². The zero-order chi connectivity index (χ0) is 17.1. The van der Waals surface area contributed by atoms with Crippen LogP contribution in [0.25, 0.3) is 0 Å². The predicted molar refractivity (Wildman–Crippen MR) is 86.9 cm³/mol. The number of ether oxygens (including phenoxy) is 1. The summed E-state index contributed by atoms with van der Waals surface area (Å²) in [5.41, 5.74) is 2.30. The highest BCUT2D eigenvalue weighted by Crippen LogP contribution is 2.20. The lowest BCUT2D eigenvalue weighted by Gasteiger charge is -2.31. The number of hydrogen-bond acceptors (Lipinski definition) is 6. The first-order valence-corrected chi connectivity index (χ1v) is 8.28. The van der Waals surface area contributed by atoms with Gasteiger partial charge in [0.2, 0.25) is 0 Å². The van der Waals surface area contributed by atoms with Crippen LogP contribution in [-0.2, 0) is 6.42 Å². The molecule has 128 valence electrons. The second-order valence-corrected chi connectivity index (χ2v) is 6.04. The average Bonchev–Trinajstić information content (AvgIpc) is 2.94. The summed E-state index contributed by atoms with van der Waals surface area (Å²) in [6, 6.07) is 0.405. The zero-order valence-electron chi connectivity index (χ0n) is 14.3. The Morgan fingerprint density at radius 1 is 1.29 bits per heavy atom. The molecule has 0 spiro atoms. The van der Waals surface area contributed by atoms with Crippen LogP contribution in [0.15, 0.2) is 16.9 Å². The second kappa shape index (κ2) is 6.98. The summed E-state index contributed by atoms with van der Waals surface area (Å²) >= 11 is 0. The fourth-order valence-corrected chi connectivity index (χ4v) is 2.86. The molecule has 0 saturated carbocycles. The topological polar surface area (TPSA) is 81.4 Å². The van der Waals surface area contributed by atoms with Gasteiger partial charge in [0.15, 0.2) is 0 Å². The van der Waals surface area contributed by atoms with Gasteiger partial charge in [-0.15, -0.1) is 0 Å². The largest absolute Gasteiger partial charge is 0.460 e. The van der Waals surface area contributed by atoms with E-state index < -0.39 is 0 Å². The van der Waals surface area contributed by atoms with Crippen molar-refractivity contribution >= 4 is 5.91 Å². The number of aromatic nitrogens is 3. The summed E-state index contributed by atoms with van der Waals surface area (Å²) in [5, 5.41) is 3.85. The van der Waals surface area contributed by atoms with Crippen LogP contribution in [0.2, 0.25) is 0 Å². The van der Waals surface area contributed by atoms with E-state index >= 15 is 0 Å². The zero-order valence-corrected chi connectivity index (χ0v) is 14.3. The number of carbonyl (C=O) groups is 1. The van der Waals surface area contributed by atoms with Gasteiger partial charge in [0.05, 0.1) is 5.69 Å². The van der Waals surface area contributed by atoms with Crippen molar-refractivity contribution in [1.29, 1.82) is 0 Å². The number of amides is 1. The van der Waals surface area contributed by atoms with Crippen molar-refractivity contribution in [3.8, 4) is 6.01 Å². The summed E-state index contributed by atoms with van der Waals surface area (Å²) in [7, 11) is 0. The van der Waals surface area contributed by atoms with Crippen LogP contribution in [0.4, 0.5) is 0 Å². The maximum Gasteiger partial charge on any atom is 0.316 e. The third-order valence-corrected chi connectivity index (χ3v) is 4.34. The highest BCUT2D eigenvalue weighted by atomic mass is 16.5. The number of hydrogen-bond donors (Lipinski definition) is 0. The minimum absolute atomic E-state index is 0.0201. The van der Waals surface area contributed by atoms with Crippen LogP contribution >= 0.6 is 0 Å². The number of nitrogens with zero attached hydrogens (tertiary/aromatic N) is 4. The number of rotatable bonds is 4. The number of piperidine rings is 1. The van der Waals surface area contributed by atoms with E-state index in [2.05, 4.69) is 22.0 Å². The molecule has 1 aliphatic heterocycles. The van der Waals surface area contributed by atoms with Crippen molar-refractivity contribution < 1.29 is 14.1 Å². The highest BCUT2D eigenvalue weighted by Gasteiger charge is 2.28. The molecule has 3 heterocycles. The van der Waals surface area contributed by atoms with Gasteiger partial charge in [-0.3, -0.25) is 4.79 Å². The van der Waals surface area contributed by atoms with Crippen LogP contribution < -0.4 is 4.74 Å². The summed E-state index contributed by atoms with van der Waals surface area (Å²) in [6.45, 7) is 6.89. The van der Waals surface area contributed by atoms with Gasteiger partial charge in [0.1, 0.15) is 17.4 Å². The molecule has 24 heavy (non-hydrogen) atoms. The smallest absolute Gasteiger partial charge is 0.316 e. The number of aryl methyl sites for hydroxylation is 3. The second-order valence-electron chi connectivity index (χ2n) is 6.04. The van der Waals surface area contributed by atoms with E-state index in [1.165, 1.54) is 0 Å². The van der Waals surface area contributed by atoms with E-state index in [9.17, 15) is 4.79 Å². The molecule has 7 nitrogen and oxygen atoms in total. The third-order valence-electron chi connectivity index (χ3n) is 4.34. The molecule has 1 aliphatic rings. The van der Waals surface area contributed by atoms with E-state index in [-0.39, 0.29) is 12.0 Å². The molecule has 0 unspecified atom stereocenters. The molecular formula is C17H22N4O3. The van der Waals surface area contributed by atoms with Gasteiger partial charge in [-0.25, -0.2) is 9.97 Å². The molecule has 7 heteroatoms. The number of likely N-dealkylation sites (tertiary alicyclic amines) is 1. The van der Waals surface area contributed by atoms with E-state index in [0.29, 0.717) is 36.1 Å². The van der Waals surface area contributed by atoms with Crippen LogP contribution in [0, 0.1) is 13.8 Å². The lowest BCUT2D eigenvalue weighted by molar-refractivity contribution is 0.0576. The third kappa shape index (κ3) is 3.39. The molecule has 0 aliphatic carbocycles. The fourth-order valence-electron chi connectivity index (χ4n) is 2.86. The summed E-state index contributed by atoms with van der Waals surface area (Å²) in [4.78, 5) is 22.9. The standard InChI is InChI=1S/C17H22N4O3/c1-4-13-9-18-17(19-10-13)23-14-5-7-21(8-6-14)16(22)15-11(2)20-24-12(15)3/h9-10,14H,4-8H2,1-3H3. The van der Waals surface area contributed by atoms with Crippen LogP contribution in [0.5, 0.6) is 6.01 Å². The van der Waals surface area contributed by atoms with Gasteiger partial charge in [0, 0.05) is 38.3 Å². The molecule has 0 N–H and O–H groups in total. The first-order chi connectivity index (χ1) is 11.6. The minimum Gasteiger partial charge on any atom is -0.460 e. The van der Waals surface area contributed by atoms with Crippen molar-refractivity contribution in [1.82, 2.24) is 20.0 Å². The molecule has 0 atom stereocenters. The molecule has 0 bridgehead atoms. The first-order valence-electron chi connectivity index (χ1n) is 8.28. The molecule has 2 aromatic rings.